The number of aromatic nitrogens is 1. The molecule has 0 saturated carbocycles. The zero-order valence-electron chi connectivity index (χ0n) is 15.5. The Morgan fingerprint density at radius 1 is 1.14 bits per heavy atom. The largest absolute Gasteiger partial charge is 0.325 e. The topological polar surface area (TPSA) is 71.4 Å². The van der Waals surface area contributed by atoms with Gasteiger partial charge in [-0.25, -0.2) is 4.39 Å². The number of Topliss-reactive ketones (excluding diaryl/α,β-unsaturated/α-hetero) is 1. The normalized spacial score (nSPS) is 21.8. The van der Waals surface area contributed by atoms with Crippen molar-refractivity contribution in [3.8, 4) is 0 Å². The maximum Gasteiger partial charge on any atom is 0.234 e. The van der Waals surface area contributed by atoms with Crippen molar-refractivity contribution in [2.75, 3.05) is 5.32 Å². The van der Waals surface area contributed by atoms with Gasteiger partial charge in [0.15, 0.2) is 5.78 Å². The lowest BCUT2D eigenvalue weighted by atomic mass is 9.73. The van der Waals surface area contributed by atoms with Gasteiger partial charge < -0.3 is 5.32 Å². The number of allylic oxidation sites excluding steroid dienone is 2. The highest BCUT2D eigenvalue weighted by Gasteiger charge is 2.42. The quantitative estimate of drug-likeness (QED) is 0.877. The van der Waals surface area contributed by atoms with Crippen LogP contribution in [0.15, 0.2) is 64.9 Å². The first-order valence-electron chi connectivity index (χ1n) is 9.33. The Morgan fingerprint density at radius 3 is 2.64 bits per heavy atom. The average molecular weight is 377 g/mol. The summed E-state index contributed by atoms with van der Waals surface area (Å²) in [4.78, 5) is 35.0. The van der Waals surface area contributed by atoms with Crippen molar-refractivity contribution < 1.29 is 14.0 Å². The minimum Gasteiger partial charge on any atom is -0.325 e. The number of nitrogens with zero attached hydrogens (tertiary/aromatic N) is 2. The molecule has 4 rings (SSSR count). The number of ketones is 1. The first kappa shape index (κ1) is 18.2. The summed E-state index contributed by atoms with van der Waals surface area (Å²) in [6.45, 7) is 1.81. The molecule has 142 valence electrons. The monoisotopic (exact) mass is 377 g/mol. The van der Waals surface area contributed by atoms with Crippen molar-refractivity contribution in [2.24, 2.45) is 10.9 Å². The van der Waals surface area contributed by atoms with Crippen molar-refractivity contribution in [3.63, 3.8) is 0 Å². The number of rotatable bonds is 3. The molecule has 1 aliphatic heterocycles. The smallest absolute Gasteiger partial charge is 0.234 e. The van der Waals surface area contributed by atoms with Gasteiger partial charge in [-0.1, -0.05) is 6.07 Å². The molecule has 1 aromatic heterocycles. The molecule has 1 N–H and O–H groups in total. The summed E-state index contributed by atoms with van der Waals surface area (Å²) >= 11 is 0. The van der Waals surface area contributed by atoms with E-state index < -0.39 is 11.8 Å². The van der Waals surface area contributed by atoms with E-state index in [0.717, 1.165) is 18.5 Å². The highest BCUT2D eigenvalue weighted by Crippen LogP contribution is 2.42. The van der Waals surface area contributed by atoms with Gasteiger partial charge in [-0.15, -0.1) is 0 Å². The van der Waals surface area contributed by atoms with E-state index in [0.29, 0.717) is 29.1 Å². The summed E-state index contributed by atoms with van der Waals surface area (Å²) in [7, 11) is 0. The van der Waals surface area contributed by atoms with Gasteiger partial charge in [0, 0.05) is 46.9 Å². The zero-order chi connectivity index (χ0) is 19.7. The van der Waals surface area contributed by atoms with Crippen LogP contribution in [0.3, 0.4) is 0 Å². The number of aliphatic imine (C=N–C) groups is 1. The molecule has 0 radical (unpaired) electrons. The number of halogens is 1. The standard InChI is InChI=1S/C22H20FN3O2/c1-13-19(22(28)26-15-10-8-14(23)9-11-15)21(16-5-2-3-12-24-16)20-17(25-13)6-4-7-18(20)27/h2-3,5,8-12,19,21H,4,6-7H2,1H3,(H,26,28)/t19?,21-/m1/s1. The zero-order valence-corrected chi connectivity index (χ0v) is 15.5. The van der Waals surface area contributed by atoms with Crippen LogP contribution in [0.1, 0.15) is 37.8 Å². The third-order valence-corrected chi connectivity index (χ3v) is 5.24. The second kappa shape index (κ2) is 7.46. The van der Waals surface area contributed by atoms with Gasteiger partial charge in [-0.05, 0) is 56.2 Å². The first-order valence-corrected chi connectivity index (χ1v) is 9.33. The number of hydrogen-bond acceptors (Lipinski definition) is 4. The molecule has 6 heteroatoms. The van der Waals surface area contributed by atoms with Crippen molar-refractivity contribution >= 4 is 23.1 Å². The molecule has 5 nitrogen and oxygen atoms in total. The molecule has 0 bridgehead atoms. The minimum absolute atomic E-state index is 0.0349. The van der Waals surface area contributed by atoms with Crippen LogP contribution in [0.5, 0.6) is 0 Å². The van der Waals surface area contributed by atoms with E-state index in [1.54, 1.807) is 12.3 Å². The number of hydrogen-bond donors (Lipinski definition) is 1. The Morgan fingerprint density at radius 2 is 1.93 bits per heavy atom. The van der Waals surface area contributed by atoms with E-state index in [-0.39, 0.29) is 17.5 Å². The molecule has 2 heterocycles. The maximum atomic E-state index is 13.2. The van der Waals surface area contributed by atoms with Crippen LogP contribution < -0.4 is 5.32 Å². The fourth-order valence-electron chi connectivity index (χ4n) is 3.98. The van der Waals surface area contributed by atoms with Crippen molar-refractivity contribution in [1.29, 1.82) is 0 Å². The van der Waals surface area contributed by atoms with Gasteiger partial charge in [0.1, 0.15) is 5.82 Å². The van der Waals surface area contributed by atoms with Gasteiger partial charge in [0.05, 0.1) is 5.92 Å². The Balaban J connectivity index is 1.75. The fraction of sp³-hybridized carbons (Fsp3) is 0.273. The molecule has 28 heavy (non-hydrogen) atoms. The van der Waals surface area contributed by atoms with Gasteiger partial charge in [0.2, 0.25) is 5.91 Å². The molecule has 1 aromatic carbocycles. The molecule has 1 unspecified atom stereocenters. The van der Waals surface area contributed by atoms with E-state index >= 15 is 0 Å². The fourth-order valence-corrected chi connectivity index (χ4v) is 3.98. The van der Waals surface area contributed by atoms with Crippen LogP contribution in [-0.2, 0) is 9.59 Å². The molecular formula is C22H20FN3O2. The summed E-state index contributed by atoms with van der Waals surface area (Å²) < 4.78 is 13.2. The maximum absolute atomic E-state index is 13.2. The Kier molecular flexibility index (Phi) is 4.86. The van der Waals surface area contributed by atoms with Crippen LogP contribution in [-0.4, -0.2) is 22.4 Å². The number of benzene rings is 1. The van der Waals surface area contributed by atoms with Crippen molar-refractivity contribution in [3.05, 3.63) is 71.4 Å². The highest BCUT2D eigenvalue weighted by molar-refractivity contribution is 6.13. The van der Waals surface area contributed by atoms with Gasteiger partial charge in [-0.3, -0.25) is 19.6 Å². The molecular weight excluding hydrogens is 357 g/mol. The van der Waals surface area contributed by atoms with Crippen LogP contribution in [0.25, 0.3) is 0 Å². The third-order valence-electron chi connectivity index (χ3n) is 5.24. The van der Waals surface area contributed by atoms with Crippen LogP contribution in [0, 0.1) is 11.7 Å². The Bertz CT molecular complexity index is 981. The highest BCUT2D eigenvalue weighted by atomic mass is 19.1. The first-order chi connectivity index (χ1) is 13.5. The number of anilines is 1. The minimum atomic E-state index is -0.652. The van der Waals surface area contributed by atoms with Gasteiger partial charge in [-0.2, -0.15) is 0 Å². The molecule has 2 aromatic rings. The number of pyridine rings is 1. The summed E-state index contributed by atoms with van der Waals surface area (Å²) in [6.07, 6.45) is 3.63. The van der Waals surface area contributed by atoms with Gasteiger partial charge in [0.25, 0.3) is 0 Å². The molecule has 2 aliphatic rings. The molecule has 0 fully saturated rings. The number of carbonyl (C=O) groups is 2. The molecule has 1 aliphatic carbocycles. The lowest BCUT2D eigenvalue weighted by molar-refractivity contribution is -0.119. The van der Waals surface area contributed by atoms with E-state index in [4.69, 9.17) is 0 Å². The second-order valence-electron chi connectivity index (χ2n) is 7.10. The Hall–Kier alpha value is -3.15. The van der Waals surface area contributed by atoms with Crippen LogP contribution >= 0.6 is 0 Å². The van der Waals surface area contributed by atoms with E-state index in [9.17, 15) is 14.0 Å². The third kappa shape index (κ3) is 3.38. The van der Waals surface area contributed by atoms with Crippen molar-refractivity contribution in [2.45, 2.75) is 32.1 Å². The predicted molar refractivity (Wildman–Crippen MR) is 104 cm³/mol. The Labute approximate surface area is 162 Å². The van der Waals surface area contributed by atoms with Crippen LogP contribution in [0.4, 0.5) is 10.1 Å². The SMILES string of the molecule is CC1=NC2=C(C(=O)CCC2)[C@H](c2ccccn2)C1C(=O)Nc1ccc(F)cc1. The molecule has 2 atom stereocenters. The summed E-state index contributed by atoms with van der Waals surface area (Å²) in [5, 5.41) is 2.83. The van der Waals surface area contributed by atoms with E-state index in [2.05, 4.69) is 15.3 Å². The number of nitrogens with one attached hydrogen (secondary N) is 1. The van der Waals surface area contributed by atoms with E-state index in [1.807, 2.05) is 19.1 Å². The van der Waals surface area contributed by atoms with Crippen LogP contribution in [0.2, 0.25) is 0 Å². The predicted octanol–water partition coefficient (Wildman–Crippen LogP) is 4.04. The molecule has 0 saturated heterocycles. The summed E-state index contributed by atoms with van der Waals surface area (Å²) in [5.41, 5.74) is 3.21. The number of amides is 1. The molecule has 1 amide bonds. The van der Waals surface area contributed by atoms with E-state index in [1.165, 1.54) is 24.3 Å². The second-order valence-corrected chi connectivity index (χ2v) is 7.10. The lowest BCUT2D eigenvalue weighted by Crippen LogP contribution is -2.39. The van der Waals surface area contributed by atoms with Crippen molar-refractivity contribution in [1.82, 2.24) is 4.98 Å². The summed E-state index contributed by atoms with van der Waals surface area (Å²) in [5.74, 6) is -1.74. The van der Waals surface area contributed by atoms with Gasteiger partial charge >= 0.3 is 0 Å². The summed E-state index contributed by atoms with van der Waals surface area (Å²) in [6, 6.07) is 11.1. The molecule has 0 spiro atoms. The lowest BCUT2D eigenvalue weighted by Gasteiger charge is -2.34. The number of carbonyl (C=O) groups excluding carboxylic acids is 2. The average Bonchev–Trinajstić information content (AvgIpc) is 2.69.